The van der Waals surface area contributed by atoms with Crippen LogP contribution in [0, 0.1) is 5.41 Å². The normalized spacial score (nSPS) is 25.1. The Morgan fingerprint density at radius 1 is 1.67 bits per heavy atom. The van der Waals surface area contributed by atoms with Crippen LogP contribution in [-0.4, -0.2) is 28.6 Å². The molecule has 1 aliphatic carbocycles. The van der Waals surface area contributed by atoms with E-state index in [1.165, 1.54) is 17.7 Å². The Bertz CT molecular complexity index is 623. The first-order valence-electron chi connectivity index (χ1n) is 7.03. The predicted molar refractivity (Wildman–Crippen MR) is 80.1 cm³/mol. The zero-order valence-corrected chi connectivity index (χ0v) is 12.7. The molecule has 2 aromatic rings. The quantitative estimate of drug-likeness (QED) is 0.910. The van der Waals surface area contributed by atoms with Crippen molar-refractivity contribution in [3.8, 4) is 10.6 Å². The summed E-state index contributed by atoms with van der Waals surface area (Å²) < 4.78 is 5.36. The number of rotatable bonds is 4. The maximum Gasteiger partial charge on any atom is 0.274 e. The van der Waals surface area contributed by atoms with Gasteiger partial charge in [-0.1, -0.05) is 19.4 Å². The van der Waals surface area contributed by atoms with E-state index in [2.05, 4.69) is 10.3 Å². The highest BCUT2D eigenvalue weighted by molar-refractivity contribution is 7.13. The summed E-state index contributed by atoms with van der Waals surface area (Å²) in [5.74, 6) is 0.268. The van der Waals surface area contributed by atoms with Gasteiger partial charge in [0.15, 0.2) is 17.8 Å². The SMILES string of the molecule is CC1(CO)CCCC1NC(=O)c1ncoc1-c1cccs1. The maximum absolute atomic E-state index is 12.5. The van der Waals surface area contributed by atoms with Gasteiger partial charge in [0, 0.05) is 11.5 Å². The van der Waals surface area contributed by atoms with E-state index in [1.807, 2.05) is 24.4 Å². The lowest BCUT2D eigenvalue weighted by Crippen LogP contribution is -2.45. The van der Waals surface area contributed by atoms with Crippen molar-refractivity contribution in [3.05, 3.63) is 29.6 Å². The van der Waals surface area contributed by atoms with Gasteiger partial charge in [0.2, 0.25) is 0 Å². The van der Waals surface area contributed by atoms with Crippen molar-refractivity contribution in [1.29, 1.82) is 0 Å². The monoisotopic (exact) mass is 306 g/mol. The van der Waals surface area contributed by atoms with Crippen LogP contribution >= 0.6 is 11.3 Å². The third kappa shape index (κ3) is 2.61. The number of thiophene rings is 1. The molecule has 2 N–H and O–H groups in total. The molecule has 21 heavy (non-hydrogen) atoms. The molecule has 1 aliphatic rings. The molecule has 6 heteroatoms. The summed E-state index contributed by atoms with van der Waals surface area (Å²) in [6.45, 7) is 2.09. The van der Waals surface area contributed by atoms with Gasteiger partial charge in [-0.05, 0) is 24.3 Å². The number of hydrogen-bond acceptors (Lipinski definition) is 5. The maximum atomic E-state index is 12.5. The van der Waals surface area contributed by atoms with E-state index in [9.17, 15) is 9.90 Å². The van der Waals surface area contributed by atoms with Crippen molar-refractivity contribution < 1.29 is 14.3 Å². The first kappa shape index (κ1) is 14.3. The number of carbonyl (C=O) groups is 1. The largest absolute Gasteiger partial charge is 0.442 e. The van der Waals surface area contributed by atoms with E-state index in [4.69, 9.17) is 4.42 Å². The van der Waals surface area contributed by atoms with E-state index >= 15 is 0 Å². The van der Waals surface area contributed by atoms with Crippen LogP contribution in [0.25, 0.3) is 10.6 Å². The standard InChI is InChI=1S/C15H18N2O3S/c1-15(8-18)6-2-5-11(15)17-14(19)12-13(20-9-16-12)10-4-3-7-21-10/h3-4,7,9,11,18H,2,5-6,8H2,1H3,(H,17,19). The molecular formula is C15H18N2O3S. The summed E-state index contributed by atoms with van der Waals surface area (Å²) in [7, 11) is 0. The van der Waals surface area contributed by atoms with Gasteiger partial charge >= 0.3 is 0 Å². The molecule has 0 saturated heterocycles. The van der Waals surface area contributed by atoms with Gasteiger partial charge in [-0.2, -0.15) is 0 Å². The van der Waals surface area contributed by atoms with Crippen LogP contribution in [0.5, 0.6) is 0 Å². The molecule has 3 rings (SSSR count). The summed E-state index contributed by atoms with van der Waals surface area (Å²) in [6.07, 6.45) is 4.11. The third-order valence-electron chi connectivity index (χ3n) is 4.28. The average Bonchev–Trinajstić information content (AvgIpc) is 3.18. The van der Waals surface area contributed by atoms with Crippen molar-refractivity contribution in [2.45, 2.75) is 32.2 Å². The molecule has 0 aliphatic heterocycles. The minimum atomic E-state index is -0.248. The van der Waals surface area contributed by atoms with Gasteiger partial charge < -0.3 is 14.8 Å². The fourth-order valence-corrected chi connectivity index (χ4v) is 3.60. The van der Waals surface area contributed by atoms with Crippen LogP contribution < -0.4 is 5.32 Å². The van der Waals surface area contributed by atoms with Crippen LogP contribution in [0.2, 0.25) is 0 Å². The molecule has 5 nitrogen and oxygen atoms in total. The van der Waals surface area contributed by atoms with Crippen LogP contribution in [-0.2, 0) is 0 Å². The van der Waals surface area contributed by atoms with E-state index < -0.39 is 0 Å². The molecular weight excluding hydrogens is 288 g/mol. The summed E-state index contributed by atoms with van der Waals surface area (Å²) in [4.78, 5) is 17.4. The van der Waals surface area contributed by atoms with E-state index in [0.29, 0.717) is 11.5 Å². The smallest absolute Gasteiger partial charge is 0.274 e. The van der Waals surface area contributed by atoms with Gasteiger partial charge in [-0.15, -0.1) is 11.3 Å². The lowest BCUT2D eigenvalue weighted by Gasteiger charge is -2.29. The molecule has 2 aromatic heterocycles. The number of aliphatic hydroxyl groups is 1. The molecule has 2 unspecified atom stereocenters. The van der Waals surface area contributed by atoms with Crippen molar-refractivity contribution in [2.24, 2.45) is 5.41 Å². The number of nitrogens with zero attached hydrogens (tertiary/aromatic N) is 1. The van der Waals surface area contributed by atoms with Crippen LogP contribution in [0.15, 0.2) is 28.3 Å². The zero-order chi connectivity index (χ0) is 14.9. The second-order valence-corrected chi connectivity index (χ2v) is 6.69. The number of aliphatic hydroxyl groups excluding tert-OH is 1. The molecule has 0 spiro atoms. The topological polar surface area (TPSA) is 75.4 Å². The molecule has 2 heterocycles. The number of nitrogens with one attached hydrogen (secondary N) is 1. The molecule has 2 atom stereocenters. The molecule has 1 saturated carbocycles. The molecule has 1 amide bonds. The van der Waals surface area contributed by atoms with Gasteiger partial charge in [0.1, 0.15) is 0 Å². The van der Waals surface area contributed by atoms with Gasteiger partial charge in [0.25, 0.3) is 5.91 Å². The van der Waals surface area contributed by atoms with E-state index in [-0.39, 0.29) is 24.0 Å². The van der Waals surface area contributed by atoms with Gasteiger partial charge in [-0.3, -0.25) is 4.79 Å². The summed E-state index contributed by atoms with van der Waals surface area (Å²) in [5, 5.41) is 14.5. The minimum absolute atomic E-state index is 0.0251. The van der Waals surface area contributed by atoms with Gasteiger partial charge in [-0.25, -0.2) is 4.98 Å². The average molecular weight is 306 g/mol. The highest BCUT2D eigenvalue weighted by Gasteiger charge is 2.39. The van der Waals surface area contributed by atoms with Crippen LogP contribution in [0.3, 0.4) is 0 Å². The zero-order valence-electron chi connectivity index (χ0n) is 11.8. The fraction of sp³-hybridized carbons (Fsp3) is 0.467. The highest BCUT2D eigenvalue weighted by Crippen LogP contribution is 2.37. The number of amides is 1. The fourth-order valence-electron chi connectivity index (χ4n) is 2.89. The summed E-state index contributed by atoms with van der Waals surface area (Å²) in [5.41, 5.74) is 0.0623. The van der Waals surface area contributed by atoms with E-state index in [0.717, 1.165) is 24.1 Å². The van der Waals surface area contributed by atoms with E-state index in [1.54, 1.807) is 0 Å². The van der Waals surface area contributed by atoms with Gasteiger partial charge in [0.05, 0.1) is 11.5 Å². The van der Waals surface area contributed by atoms with Crippen LogP contribution in [0.4, 0.5) is 0 Å². The molecule has 1 fully saturated rings. The summed E-state index contributed by atoms with van der Waals surface area (Å²) >= 11 is 1.51. The number of aromatic nitrogens is 1. The van der Waals surface area contributed by atoms with Crippen molar-refractivity contribution in [1.82, 2.24) is 10.3 Å². The summed E-state index contributed by atoms with van der Waals surface area (Å²) in [6, 6.07) is 3.78. The predicted octanol–water partition coefficient (Wildman–Crippen LogP) is 2.68. The Morgan fingerprint density at radius 2 is 2.52 bits per heavy atom. The van der Waals surface area contributed by atoms with Crippen molar-refractivity contribution >= 4 is 17.2 Å². The number of hydrogen-bond donors (Lipinski definition) is 2. The Labute approximate surface area is 127 Å². The molecule has 112 valence electrons. The minimum Gasteiger partial charge on any atom is -0.442 e. The Hall–Kier alpha value is -1.66. The number of carbonyl (C=O) groups excluding carboxylic acids is 1. The lowest BCUT2D eigenvalue weighted by atomic mass is 9.86. The molecule has 0 aromatic carbocycles. The number of oxazole rings is 1. The highest BCUT2D eigenvalue weighted by atomic mass is 32.1. The first-order chi connectivity index (χ1) is 10.1. The van der Waals surface area contributed by atoms with Crippen molar-refractivity contribution in [2.75, 3.05) is 6.61 Å². The third-order valence-corrected chi connectivity index (χ3v) is 5.14. The molecule has 0 radical (unpaired) electrons. The van der Waals surface area contributed by atoms with Crippen molar-refractivity contribution in [3.63, 3.8) is 0 Å². The Balaban J connectivity index is 1.79. The Kier molecular flexibility index (Phi) is 3.82. The van der Waals surface area contributed by atoms with Crippen LogP contribution in [0.1, 0.15) is 36.7 Å². The second kappa shape index (κ2) is 5.61. The lowest BCUT2D eigenvalue weighted by molar-refractivity contribution is 0.0827. The Morgan fingerprint density at radius 3 is 3.24 bits per heavy atom. The second-order valence-electron chi connectivity index (χ2n) is 5.74. The molecule has 0 bridgehead atoms. The first-order valence-corrected chi connectivity index (χ1v) is 7.91.